The summed E-state index contributed by atoms with van der Waals surface area (Å²) in [6.45, 7) is 4.09. The Hall–Kier alpha value is -1.66. The average Bonchev–Trinajstić information content (AvgIpc) is 3.27. The largest absolute Gasteiger partial charge is 0.493 e. The van der Waals surface area contributed by atoms with Gasteiger partial charge in [0.1, 0.15) is 0 Å². The van der Waals surface area contributed by atoms with Gasteiger partial charge in [-0.15, -0.1) is 0 Å². The molecule has 0 spiro atoms. The highest BCUT2D eigenvalue weighted by molar-refractivity contribution is 7.99. The number of likely N-dealkylation sites (tertiary alicyclic amines) is 1. The summed E-state index contributed by atoms with van der Waals surface area (Å²) in [7, 11) is 1.62. The minimum atomic E-state index is 0.00921. The van der Waals surface area contributed by atoms with Gasteiger partial charge in [-0.2, -0.15) is 11.8 Å². The van der Waals surface area contributed by atoms with E-state index < -0.39 is 0 Å². The van der Waals surface area contributed by atoms with Gasteiger partial charge >= 0.3 is 0 Å². The van der Waals surface area contributed by atoms with Crippen molar-refractivity contribution in [3.63, 3.8) is 0 Å². The predicted molar refractivity (Wildman–Crippen MR) is 105 cm³/mol. The highest BCUT2D eigenvalue weighted by atomic mass is 32.2. The van der Waals surface area contributed by atoms with Gasteiger partial charge in [0.25, 0.3) is 5.91 Å². The molecule has 1 atom stereocenters. The Balaban J connectivity index is 1.59. The van der Waals surface area contributed by atoms with Crippen LogP contribution in [0.3, 0.4) is 0 Å². The van der Waals surface area contributed by atoms with Gasteiger partial charge in [-0.25, -0.2) is 0 Å². The number of hydrogen-bond donors (Lipinski definition) is 0. The van der Waals surface area contributed by atoms with E-state index in [4.69, 9.17) is 9.15 Å². The van der Waals surface area contributed by atoms with Crippen LogP contribution in [0.2, 0.25) is 0 Å². The van der Waals surface area contributed by atoms with E-state index in [1.54, 1.807) is 7.11 Å². The van der Waals surface area contributed by atoms with Crippen LogP contribution in [0.5, 0.6) is 5.75 Å². The van der Waals surface area contributed by atoms with Gasteiger partial charge in [0.15, 0.2) is 17.1 Å². The van der Waals surface area contributed by atoms with Crippen molar-refractivity contribution < 1.29 is 13.9 Å². The molecule has 2 aliphatic rings. The lowest BCUT2D eigenvalue weighted by atomic mass is 10.2. The standard InChI is InChI=1S/C20H26N2O3S/c1-24-17-7-4-6-15-12-18(25-19(15)17)20(23)22-10-5-11-26-14-16(22)13-21-8-2-3-9-21/h4,6-7,12,16H,2-3,5,8-11,13-14H2,1H3. The van der Waals surface area contributed by atoms with Crippen LogP contribution in [0, 0.1) is 0 Å². The Bertz CT molecular complexity index is 770. The second kappa shape index (κ2) is 7.92. The van der Waals surface area contributed by atoms with E-state index in [-0.39, 0.29) is 11.9 Å². The summed E-state index contributed by atoms with van der Waals surface area (Å²) in [5.74, 6) is 3.22. The molecule has 0 aliphatic carbocycles. The normalized spacial score (nSPS) is 21.9. The molecule has 0 saturated carbocycles. The molecule has 1 amide bonds. The van der Waals surface area contributed by atoms with Gasteiger partial charge < -0.3 is 19.0 Å². The fraction of sp³-hybridized carbons (Fsp3) is 0.550. The Morgan fingerprint density at radius 1 is 1.27 bits per heavy atom. The Labute approximate surface area is 158 Å². The fourth-order valence-electron chi connectivity index (χ4n) is 3.95. The molecule has 5 nitrogen and oxygen atoms in total. The molecule has 2 aliphatic heterocycles. The number of methoxy groups -OCH3 is 1. The average molecular weight is 375 g/mol. The first-order valence-electron chi connectivity index (χ1n) is 9.44. The summed E-state index contributed by atoms with van der Waals surface area (Å²) in [5.41, 5.74) is 0.652. The Morgan fingerprint density at radius 3 is 2.92 bits per heavy atom. The number of hydrogen-bond acceptors (Lipinski definition) is 5. The van der Waals surface area contributed by atoms with Gasteiger partial charge in [0.2, 0.25) is 0 Å². The molecule has 0 radical (unpaired) electrons. The van der Waals surface area contributed by atoms with Gasteiger partial charge in [-0.3, -0.25) is 4.79 Å². The number of carbonyl (C=O) groups excluding carboxylic acids is 1. The second-order valence-electron chi connectivity index (χ2n) is 7.08. The van der Waals surface area contributed by atoms with Crippen molar-refractivity contribution in [3.05, 3.63) is 30.0 Å². The molecule has 26 heavy (non-hydrogen) atoms. The van der Waals surface area contributed by atoms with Crippen molar-refractivity contribution >= 4 is 28.6 Å². The van der Waals surface area contributed by atoms with Crippen molar-refractivity contribution in [2.75, 3.05) is 44.8 Å². The number of benzene rings is 1. The van der Waals surface area contributed by atoms with Crippen molar-refractivity contribution in [1.29, 1.82) is 0 Å². The number of ether oxygens (including phenoxy) is 1. The first-order chi connectivity index (χ1) is 12.8. The first-order valence-corrected chi connectivity index (χ1v) is 10.6. The molecule has 2 aromatic rings. The van der Waals surface area contributed by atoms with Crippen LogP contribution < -0.4 is 4.74 Å². The highest BCUT2D eigenvalue weighted by Gasteiger charge is 2.30. The zero-order valence-electron chi connectivity index (χ0n) is 15.3. The Kier molecular flexibility index (Phi) is 5.41. The number of furan rings is 1. The van der Waals surface area contributed by atoms with E-state index in [1.165, 1.54) is 12.8 Å². The van der Waals surface area contributed by atoms with Crippen LogP contribution in [-0.4, -0.2) is 66.5 Å². The molecular weight excluding hydrogens is 348 g/mol. The van der Waals surface area contributed by atoms with E-state index in [9.17, 15) is 4.79 Å². The van der Waals surface area contributed by atoms with Crippen molar-refractivity contribution in [2.45, 2.75) is 25.3 Å². The minimum Gasteiger partial charge on any atom is -0.493 e. The van der Waals surface area contributed by atoms with Crippen LogP contribution >= 0.6 is 11.8 Å². The minimum absolute atomic E-state index is 0.00921. The predicted octanol–water partition coefficient (Wildman–Crippen LogP) is 3.48. The molecular formula is C20H26N2O3S. The SMILES string of the molecule is COc1cccc2cc(C(=O)N3CCCSCC3CN3CCCC3)oc12. The number of thioether (sulfide) groups is 1. The maximum atomic E-state index is 13.3. The molecule has 1 aromatic carbocycles. The molecule has 0 bridgehead atoms. The molecule has 0 N–H and O–H groups in total. The van der Waals surface area contributed by atoms with Crippen molar-refractivity contribution in [3.8, 4) is 5.75 Å². The molecule has 4 rings (SSSR count). The molecule has 1 unspecified atom stereocenters. The second-order valence-corrected chi connectivity index (χ2v) is 8.23. The summed E-state index contributed by atoms with van der Waals surface area (Å²) < 4.78 is 11.3. The van der Waals surface area contributed by atoms with Crippen LogP contribution in [0.4, 0.5) is 0 Å². The van der Waals surface area contributed by atoms with Gasteiger partial charge in [-0.05, 0) is 50.2 Å². The maximum absolute atomic E-state index is 13.3. The summed E-state index contributed by atoms with van der Waals surface area (Å²) in [6.07, 6.45) is 3.59. The summed E-state index contributed by atoms with van der Waals surface area (Å²) in [5, 5.41) is 0.910. The first kappa shape index (κ1) is 17.7. The summed E-state index contributed by atoms with van der Waals surface area (Å²) >= 11 is 1.96. The van der Waals surface area contributed by atoms with E-state index in [2.05, 4.69) is 4.90 Å². The summed E-state index contributed by atoms with van der Waals surface area (Å²) in [6, 6.07) is 7.84. The number of rotatable bonds is 4. The molecule has 2 fully saturated rings. The zero-order valence-corrected chi connectivity index (χ0v) is 16.1. The van der Waals surface area contributed by atoms with Crippen LogP contribution in [-0.2, 0) is 0 Å². The Morgan fingerprint density at radius 2 is 2.12 bits per heavy atom. The van der Waals surface area contributed by atoms with Crippen LogP contribution in [0.25, 0.3) is 11.0 Å². The highest BCUT2D eigenvalue weighted by Crippen LogP contribution is 2.30. The number of amides is 1. The van der Waals surface area contributed by atoms with Gasteiger partial charge in [0, 0.05) is 24.2 Å². The molecule has 2 saturated heterocycles. The number of carbonyl (C=O) groups is 1. The topological polar surface area (TPSA) is 45.9 Å². The zero-order chi connectivity index (χ0) is 17.9. The van der Waals surface area contributed by atoms with Crippen molar-refractivity contribution in [1.82, 2.24) is 9.80 Å². The smallest absolute Gasteiger partial charge is 0.289 e. The third-order valence-corrected chi connectivity index (χ3v) is 6.50. The monoisotopic (exact) mass is 374 g/mol. The van der Waals surface area contributed by atoms with E-state index >= 15 is 0 Å². The third kappa shape index (κ3) is 3.58. The lowest BCUT2D eigenvalue weighted by Crippen LogP contribution is -2.47. The molecule has 6 heteroatoms. The third-order valence-electron chi connectivity index (χ3n) is 5.31. The molecule has 3 heterocycles. The van der Waals surface area contributed by atoms with E-state index in [0.717, 1.165) is 49.5 Å². The fourth-order valence-corrected chi connectivity index (χ4v) is 5.01. The number of fused-ring (bicyclic) bond motifs is 1. The number of para-hydroxylation sites is 1. The number of nitrogens with zero attached hydrogens (tertiary/aromatic N) is 2. The molecule has 140 valence electrons. The van der Waals surface area contributed by atoms with Crippen LogP contribution in [0.1, 0.15) is 29.8 Å². The molecule has 1 aromatic heterocycles. The van der Waals surface area contributed by atoms with Crippen LogP contribution in [0.15, 0.2) is 28.7 Å². The lowest BCUT2D eigenvalue weighted by Gasteiger charge is -2.32. The quantitative estimate of drug-likeness (QED) is 0.820. The lowest BCUT2D eigenvalue weighted by molar-refractivity contribution is 0.0636. The van der Waals surface area contributed by atoms with Gasteiger partial charge in [0.05, 0.1) is 13.2 Å². The summed E-state index contributed by atoms with van der Waals surface area (Å²) in [4.78, 5) is 17.8. The maximum Gasteiger partial charge on any atom is 0.289 e. The van der Waals surface area contributed by atoms with Crippen molar-refractivity contribution in [2.24, 2.45) is 0 Å². The van der Waals surface area contributed by atoms with E-state index in [0.29, 0.717) is 17.1 Å². The van der Waals surface area contributed by atoms with E-state index in [1.807, 2.05) is 40.9 Å². The van der Waals surface area contributed by atoms with Gasteiger partial charge in [-0.1, -0.05) is 12.1 Å².